The zero-order chi connectivity index (χ0) is 24.0. The van der Waals surface area contributed by atoms with Crippen molar-refractivity contribution in [3.05, 3.63) is 30.3 Å². The molecule has 1 aromatic heterocycles. The minimum Gasteiger partial charge on any atom is -0.343 e. The molecule has 3 rings (SSSR count). The third-order valence-electron chi connectivity index (χ3n) is 5.76. The molecule has 10 heteroatoms. The number of carbonyl (C=O) groups excluding carboxylic acids is 3. The Morgan fingerprint density at radius 3 is 2.58 bits per heavy atom. The second kappa shape index (κ2) is 11.3. The average molecular weight is 473 g/mol. The van der Waals surface area contributed by atoms with Crippen molar-refractivity contribution in [1.82, 2.24) is 25.1 Å². The van der Waals surface area contributed by atoms with E-state index in [9.17, 15) is 14.4 Å². The molecule has 2 aromatic rings. The van der Waals surface area contributed by atoms with Gasteiger partial charge in [-0.25, -0.2) is 0 Å². The summed E-state index contributed by atoms with van der Waals surface area (Å²) in [4.78, 5) is 40.7. The summed E-state index contributed by atoms with van der Waals surface area (Å²) in [6.07, 6.45) is 1.80. The van der Waals surface area contributed by atoms with E-state index in [4.69, 9.17) is 0 Å². The molecule has 33 heavy (non-hydrogen) atoms. The molecule has 0 aliphatic carbocycles. The smallest absolute Gasteiger partial charge is 0.247 e. The van der Waals surface area contributed by atoms with Crippen LogP contribution < -0.4 is 16.0 Å². The Bertz CT molecular complexity index is 964. The molecule has 178 valence electrons. The molecule has 9 nitrogen and oxygen atoms in total. The number of benzene rings is 1. The standard InChI is InChI=1S/C23H32N6O3S/c1-14(2)13-17(25-20(30)15(3)24-4)23(32)29-12-8-11-18(29)21(31)26-22-19(27-28-33-22)16-9-6-5-7-10-16/h5-7,9-10,14-15,17-18,24H,8,11-13H2,1-4H3,(H,25,30)(H,26,31)/t15-,17-,18-/m0/s1. The maximum Gasteiger partial charge on any atom is 0.247 e. The van der Waals surface area contributed by atoms with Crippen LogP contribution in [0.25, 0.3) is 11.3 Å². The number of likely N-dealkylation sites (N-methyl/N-ethyl adjacent to an activating group) is 1. The maximum absolute atomic E-state index is 13.4. The van der Waals surface area contributed by atoms with Gasteiger partial charge in [0.1, 0.15) is 22.8 Å². The van der Waals surface area contributed by atoms with E-state index in [1.807, 2.05) is 44.2 Å². The summed E-state index contributed by atoms with van der Waals surface area (Å²) in [7, 11) is 1.70. The summed E-state index contributed by atoms with van der Waals surface area (Å²) in [6.45, 7) is 6.23. The van der Waals surface area contributed by atoms with Gasteiger partial charge in [0.2, 0.25) is 17.7 Å². The Kier molecular flexibility index (Phi) is 8.51. The average Bonchev–Trinajstić information content (AvgIpc) is 3.47. The first kappa shape index (κ1) is 24.8. The van der Waals surface area contributed by atoms with E-state index >= 15 is 0 Å². The van der Waals surface area contributed by atoms with Crippen molar-refractivity contribution < 1.29 is 14.4 Å². The predicted octanol–water partition coefficient (Wildman–Crippen LogP) is 2.27. The van der Waals surface area contributed by atoms with Crippen LogP contribution in [0.5, 0.6) is 0 Å². The third kappa shape index (κ3) is 6.14. The van der Waals surface area contributed by atoms with Gasteiger partial charge in [0, 0.05) is 23.6 Å². The van der Waals surface area contributed by atoms with Gasteiger partial charge in [0.05, 0.1) is 6.04 Å². The highest BCUT2D eigenvalue weighted by Gasteiger charge is 2.38. The van der Waals surface area contributed by atoms with E-state index in [1.54, 1.807) is 18.9 Å². The molecule has 1 fully saturated rings. The van der Waals surface area contributed by atoms with E-state index in [-0.39, 0.29) is 23.6 Å². The number of nitrogens with one attached hydrogen (secondary N) is 3. The Labute approximate surface area is 198 Å². The second-order valence-electron chi connectivity index (χ2n) is 8.70. The summed E-state index contributed by atoms with van der Waals surface area (Å²) in [5.74, 6) is -0.512. The molecule has 0 radical (unpaired) electrons. The highest BCUT2D eigenvalue weighted by Crippen LogP contribution is 2.30. The van der Waals surface area contributed by atoms with Crippen LogP contribution in [-0.2, 0) is 14.4 Å². The molecule has 2 heterocycles. The minimum absolute atomic E-state index is 0.204. The zero-order valence-electron chi connectivity index (χ0n) is 19.5. The van der Waals surface area contributed by atoms with Crippen LogP contribution in [0.3, 0.4) is 0 Å². The maximum atomic E-state index is 13.4. The number of aromatic nitrogens is 2. The first-order valence-corrected chi connectivity index (χ1v) is 12.1. The molecule has 1 saturated heterocycles. The molecule has 0 bridgehead atoms. The lowest BCUT2D eigenvalue weighted by Crippen LogP contribution is -2.55. The second-order valence-corrected chi connectivity index (χ2v) is 9.45. The number of hydrogen-bond acceptors (Lipinski definition) is 7. The molecule has 1 aliphatic rings. The van der Waals surface area contributed by atoms with Gasteiger partial charge in [-0.15, -0.1) is 5.10 Å². The molecule has 3 atom stereocenters. The Morgan fingerprint density at radius 1 is 1.18 bits per heavy atom. The van der Waals surface area contributed by atoms with Crippen LogP contribution in [0.4, 0.5) is 5.00 Å². The van der Waals surface area contributed by atoms with E-state index in [0.717, 1.165) is 23.5 Å². The van der Waals surface area contributed by atoms with Gasteiger partial charge in [0.15, 0.2) is 0 Å². The first-order chi connectivity index (χ1) is 15.8. The molecular weight excluding hydrogens is 440 g/mol. The molecule has 1 aromatic carbocycles. The van der Waals surface area contributed by atoms with Crippen molar-refractivity contribution in [2.24, 2.45) is 5.92 Å². The van der Waals surface area contributed by atoms with Crippen molar-refractivity contribution in [3.63, 3.8) is 0 Å². The number of nitrogens with zero attached hydrogens (tertiary/aromatic N) is 3. The van der Waals surface area contributed by atoms with Gasteiger partial charge < -0.3 is 20.9 Å². The quantitative estimate of drug-likeness (QED) is 0.516. The molecule has 1 aliphatic heterocycles. The number of rotatable bonds is 9. The van der Waals surface area contributed by atoms with Crippen LogP contribution in [0.2, 0.25) is 0 Å². The largest absolute Gasteiger partial charge is 0.343 e. The lowest BCUT2D eigenvalue weighted by atomic mass is 10.0. The molecule has 0 unspecified atom stereocenters. The summed E-state index contributed by atoms with van der Waals surface area (Å²) in [6, 6.07) is 7.83. The van der Waals surface area contributed by atoms with Crippen LogP contribution in [0.1, 0.15) is 40.0 Å². The van der Waals surface area contributed by atoms with E-state index in [1.165, 1.54) is 0 Å². The van der Waals surface area contributed by atoms with Crippen molar-refractivity contribution >= 4 is 34.3 Å². The zero-order valence-corrected chi connectivity index (χ0v) is 20.3. The van der Waals surface area contributed by atoms with E-state index in [0.29, 0.717) is 30.1 Å². The normalized spacial score (nSPS) is 17.6. The SMILES string of the molecule is CN[C@@H](C)C(=O)N[C@@H](CC(C)C)C(=O)N1CCC[C@H]1C(=O)Nc1snnc1-c1ccccc1. The van der Waals surface area contributed by atoms with Gasteiger partial charge in [0.25, 0.3) is 0 Å². The highest BCUT2D eigenvalue weighted by atomic mass is 32.1. The monoisotopic (exact) mass is 472 g/mol. The Hall–Kier alpha value is -2.85. The summed E-state index contributed by atoms with van der Waals surface area (Å²) >= 11 is 1.11. The molecule has 0 spiro atoms. The van der Waals surface area contributed by atoms with E-state index < -0.39 is 18.1 Å². The number of amides is 3. The van der Waals surface area contributed by atoms with Gasteiger partial charge in [-0.2, -0.15) is 0 Å². The fourth-order valence-corrected chi connectivity index (χ4v) is 4.47. The highest BCUT2D eigenvalue weighted by molar-refractivity contribution is 7.10. The summed E-state index contributed by atoms with van der Waals surface area (Å²) in [5, 5.41) is 13.4. The van der Waals surface area contributed by atoms with Gasteiger partial charge in [-0.1, -0.05) is 48.7 Å². The van der Waals surface area contributed by atoms with Gasteiger partial charge >= 0.3 is 0 Å². The molecule has 3 N–H and O–H groups in total. The van der Waals surface area contributed by atoms with Crippen molar-refractivity contribution in [1.29, 1.82) is 0 Å². The Balaban J connectivity index is 1.74. The van der Waals surface area contributed by atoms with Crippen LogP contribution in [-0.4, -0.2) is 63.9 Å². The van der Waals surface area contributed by atoms with Crippen LogP contribution in [0, 0.1) is 5.92 Å². The number of carbonyl (C=O) groups is 3. The number of anilines is 1. The van der Waals surface area contributed by atoms with Crippen LogP contribution >= 0.6 is 11.5 Å². The number of hydrogen-bond donors (Lipinski definition) is 3. The molecular formula is C23H32N6O3S. The fraction of sp³-hybridized carbons (Fsp3) is 0.522. The Morgan fingerprint density at radius 2 is 1.91 bits per heavy atom. The van der Waals surface area contributed by atoms with Crippen molar-refractivity contribution in [3.8, 4) is 11.3 Å². The molecule has 3 amide bonds. The summed E-state index contributed by atoms with van der Waals surface area (Å²) in [5.41, 5.74) is 1.47. The van der Waals surface area contributed by atoms with E-state index in [2.05, 4.69) is 25.5 Å². The van der Waals surface area contributed by atoms with Gasteiger partial charge in [-0.3, -0.25) is 14.4 Å². The summed E-state index contributed by atoms with van der Waals surface area (Å²) < 4.78 is 3.99. The predicted molar refractivity (Wildman–Crippen MR) is 129 cm³/mol. The van der Waals surface area contributed by atoms with Gasteiger partial charge in [-0.05, 0) is 39.2 Å². The topological polar surface area (TPSA) is 116 Å². The fourth-order valence-electron chi connectivity index (χ4n) is 3.88. The number of likely N-dealkylation sites (tertiary alicyclic amines) is 1. The minimum atomic E-state index is -0.674. The molecule has 0 saturated carbocycles. The van der Waals surface area contributed by atoms with Crippen molar-refractivity contribution in [2.75, 3.05) is 18.9 Å². The first-order valence-electron chi connectivity index (χ1n) is 11.3. The lowest BCUT2D eigenvalue weighted by Gasteiger charge is -2.30. The van der Waals surface area contributed by atoms with Crippen molar-refractivity contribution in [2.45, 2.75) is 58.2 Å². The third-order valence-corrected chi connectivity index (χ3v) is 6.40. The lowest BCUT2D eigenvalue weighted by molar-refractivity contribution is -0.140. The van der Waals surface area contributed by atoms with Crippen LogP contribution in [0.15, 0.2) is 30.3 Å².